The topological polar surface area (TPSA) is 54.6 Å². The highest BCUT2D eigenvalue weighted by Crippen LogP contribution is 2.27. The van der Waals surface area contributed by atoms with Crippen molar-refractivity contribution in [1.82, 2.24) is 4.57 Å². The van der Waals surface area contributed by atoms with Crippen molar-refractivity contribution in [2.24, 2.45) is 5.16 Å². The fourth-order valence-electron chi connectivity index (χ4n) is 3.74. The van der Waals surface area contributed by atoms with Crippen molar-refractivity contribution in [3.05, 3.63) is 92.8 Å². The maximum Gasteiger partial charge on any atom is 0.265 e. The van der Waals surface area contributed by atoms with E-state index >= 15 is 0 Å². The number of halogens is 1. The third-order valence-electron chi connectivity index (χ3n) is 5.08. The van der Waals surface area contributed by atoms with E-state index in [9.17, 15) is 10.0 Å². The van der Waals surface area contributed by atoms with Crippen molar-refractivity contribution in [2.75, 3.05) is 0 Å². The summed E-state index contributed by atoms with van der Waals surface area (Å²) in [5.41, 5.74) is 4.92. The molecular formula is C22H19BrN2O2. The summed E-state index contributed by atoms with van der Waals surface area (Å²) in [6.07, 6.45) is 1.95. The first-order valence-electron chi connectivity index (χ1n) is 8.92. The number of hydrogen-bond donors (Lipinski definition) is 1. The Morgan fingerprint density at radius 2 is 1.78 bits per heavy atom. The van der Waals surface area contributed by atoms with Gasteiger partial charge in [0.25, 0.3) is 5.56 Å². The number of fused-ring (bicyclic) bond motifs is 1. The van der Waals surface area contributed by atoms with Crippen LogP contribution in [0.15, 0.2) is 81.2 Å². The van der Waals surface area contributed by atoms with Crippen molar-refractivity contribution in [2.45, 2.75) is 25.3 Å². The molecule has 136 valence electrons. The van der Waals surface area contributed by atoms with Crippen molar-refractivity contribution in [3.8, 4) is 11.1 Å². The summed E-state index contributed by atoms with van der Waals surface area (Å²) in [6, 6.07) is 22.0. The molecule has 0 amide bonds. The molecule has 0 spiro atoms. The molecule has 0 aliphatic carbocycles. The highest BCUT2D eigenvalue weighted by molar-refractivity contribution is 9.10. The van der Waals surface area contributed by atoms with Crippen LogP contribution < -0.4 is 5.56 Å². The number of aryl methyl sites for hydroxylation is 1. The maximum absolute atomic E-state index is 12.7. The van der Waals surface area contributed by atoms with Crippen molar-refractivity contribution >= 4 is 21.6 Å². The van der Waals surface area contributed by atoms with Gasteiger partial charge >= 0.3 is 0 Å². The quantitative estimate of drug-likeness (QED) is 0.484. The lowest BCUT2D eigenvalue weighted by Gasteiger charge is -2.29. The van der Waals surface area contributed by atoms with Crippen LogP contribution in [0.1, 0.15) is 23.7 Å². The number of benzene rings is 2. The van der Waals surface area contributed by atoms with Gasteiger partial charge in [0.15, 0.2) is 0 Å². The fourth-order valence-corrected chi connectivity index (χ4v) is 4.06. The van der Waals surface area contributed by atoms with E-state index in [4.69, 9.17) is 0 Å². The summed E-state index contributed by atoms with van der Waals surface area (Å²) in [5.74, 6) is 0. The lowest BCUT2D eigenvalue weighted by molar-refractivity contribution is 0.310. The van der Waals surface area contributed by atoms with Crippen LogP contribution in [0.2, 0.25) is 0 Å². The van der Waals surface area contributed by atoms with Gasteiger partial charge in [-0.2, -0.15) is 0 Å². The third-order valence-corrected chi connectivity index (χ3v) is 5.68. The number of aromatic nitrogens is 1. The van der Waals surface area contributed by atoms with E-state index in [0.717, 1.165) is 22.4 Å². The predicted octanol–water partition coefficient (Wildman–Crippen LogP) is 4.84. The number of oxime groups is 1. The second kappa shape index (κ2) is 7.53. The minimum atomic E-state index is -0.283. The van der Waals surface area contributed by atoms with E-state index in [-0.39, 0.29) is 11.6 Å². The molecule has 1 N–H and O–H groups in total. The molecule has 0 saturated heterocycles. The van der Waals surface area contributed by atoms with Crippen LogP contribution in [-0.2, 0) is 12.8 Å². The second-order valence-electron chi connectivity index (χ2n) is 6.73. The normalized spacial score (nSPS) is 17.7. The molecule has 27 heavy (non-hydrogen) atoms. The van der Waals surface area contributed by atoms with E-state index in [0.29, 0.717) is 29.4 Å². The molecule has 3 aromatic rings. The van der Waals surface area contributed by atoms with E-state index in [1.165, 1.54) is 0 Å². The van der Waals surface area contributed by atoms with Crippen LogP contribution >= 0.6 is 15.9 Å². The molecule has 0 fully saturated rings. The predicted molar refractivity (Wildman–Crippen MR) is 111 cm³/mol. The van der Waals surface area contributed by atoms with Crippen LogP contribution in [0.25, 0.3) is 11.1 Å². The highest BCUT2D eigenvalue weighted by atomic mass is 79.9. The molecule has 5 heteroatoms. The Hall–Kier alpha value is -2.66. The Morgan fingerprint density at radius 1 is 1.00 bits per heavy atom. The number of rotatable bonds is 3. The number of pyridine rings is 1. The van der Waals surface area contributed by atoms with Gasteiger partial charge in [-0.1, -0.05) is 59.8 Å². The first-order chi connectivity index (χ1) is 13.2. The molecule has 1 atom stereocenters. The van der Waals surface area contributed by atoms with Crippen molar-refractivity contribution < 1.29 is 5.21 Å². The molecule has 2 aromatic carbocycles. The summed E-state index contributed by atoms with van der Waals surface area (Å²) in [7, 11) is 0. The lowest BCUT2D eigenvalue weighted by Crippen LogP contribution is -2.37. The Balaban J connectivity index is 1.74. The summed E-state index contributed by atoms with van der Waals surface area (Å²) >= 11 is 3.34. The van der Waals surface area contributed by atoms with Crippen LogP contribution in [0.4, 0.5) is 0 Å². The zero-order valence-electron chi connectivity index (χ0n) is 14.7. The second-order valence-corrected chi connectivity index (χ2v) is 7.58. The van der Waals surface area contributed by atoms with E-state index in [1.807, 2.05) is 30.3 Å². The van der Waals surface area contributed by atoms with Gasteiger partial charge in [-0.05, 0) is 64.0 Å². The standard InChI is InChI=1S/C22H19BrN2O2/c23-19-11-9-18-10-12-20(24-27)21(25(18)22(19)26)14-15-5-4-8-17(13-15)16-6-2-1-3-7-16/h1-9,11,13,21,27H,10,12,14H2/b24-20+. The van der Waals surface area contributed by atoms with E-state index in [2.05, 4.69) is 51.4 Å². The Morgan fingerprint density at radius 3 is 2.56 bits per heavy atom. The average Bonchev–Trinajstić information content (AvgIpc) is 2.72. The Kier molecular flexibility index (Phi) is 4.94. The molecule has 1 aliphatic rings. The molecule has 1 aromatic heterocycles. The first kappa shape index (κ1) is 17.7. The largest absolute Gasteiger partial charge is 0.411 e. The molecule has 1 aliphatic heterocycles. The van der Waals surface area contributed by atoms with Gasteiger partial charge in [-0.3, -0.25) is 4.79 Å². The van der Waals surface area contributed by atoms with E-state index in [1.54, 1.807) is 10.6 Å². The van der Waals surface area contributed by atoms with Gasteiger partial charge in [-0.25, -0.2) is 0 Å². The third kappa shape index (κ3) is 3.47. The van der Waals surface area contributed by atoms with Crippen molar-refractivity contribution in [3.63, 3.8) is 0 Å². The molecule has 1 unspecified atom stereocenters. The van der Waals surface area contributed by atoms with Crippen LogP contribution in [-0.4, -0.2) is 15.5 Å². The minimum absolute atomic E-state index is 0.0856. The molecule has 0 bridgehead atoms. The first-order valence-corrected chi connectivity index (χ1v) is 9.72. The molecular weight excluding hydrogens is 404 g/mol. The average molecular weight is 423 g/mol. The summed E-state index contributed by atoms with van der Waals surface area (Å²) < 4.78 is 2.28. The van der Waals surface area contributed by atoms with Crippen LogP contribution in [0, 0.1) is 0 Å². The van der Waals surface area contributed by atoms with Gasteiger partial charge in [-0.15, -0.1) is 0 Å². The highest BCUT2D eigenvalue weighted by Gasteiger charge is 2.28. The van der Waals surface area contributed by atoms with Crippen LogP contribution in [0.3, 0.4) is 0 Å². The molecule has 2 heterocycles. The van der Waals surface area contributed by atoms with Gasteiger partial charge in [0.1, 0.15) is 0 Å². The summed E-state index contributed by atoms with van der Waals surface area (Å²) in [6.45, 7) is 0. The summed E-state index contributed by atoms with van der Waals surface area (Å²) in [4.78, 5) is 12.7. The maximum atomic E-state index is 12.7. The van der Waals surface area contributed by atoms with E-state index < -0.39 is 0 Å². The van der Waals surface area contributed by atoms with Gasteiger partial charge < -0.3 is 9.77 Å². The minimum Gasteiger partial charge on any atom is -0.411 e. The molecule has 4 nitrogen and oxygen atoms in total. The van der Waals surface area contributed by atoms with Gasteiger partial charge in [0, 0.05) is 5.69 Å². The molecule has 0 radical (unpaired) electrons. The Bertz CT molecular complexity index is 1060. The van der Waals surface area contributed by atoms with Gasteiger partial charge in [0.05, 0.1) is 16.2 Å². The van der Waals surface area contributed by atoms with Gasteiger partial charge in [0.2, 0.25) is 0 Å². The molecule has 0 saturated carbocycles. The number of hydrogen-bond acceptors (Lipinski definition) is 3. The monoisotopic (exact) mass is 422 g/mol. The fraction of sp³-hybridized carbons (Fsp3) is 0.182. The Labute approximate surface area is 165 Å². The van der Waals surface area contributed by atoms with Crippen molar-refractivity contribution in [1.29, 1.82) is 0 Å². The zero-order valence-corrected chi connectivity index (χ0v) is 16.3. The molecule has 4 rings (SSSR count). The summed E-state index contributed by atoms with van der Waals surface area (Å²) in [5, 5.41) is 13.0. The SMILES string of the molecule is O=c1c(Br)ccc2n1C(Cc1cccc(-c3ccccc3)c1)/C(=N/O)CC2. The number of nitrogens with zero attached hydrogens (tertiary/aromatic N) is 2. The van der Waals surface area contributed by atoms with Crippen LogP contribution in [0.5, 0.6) is 0 Å². The lowest BCUT2D eigenvalue weighted by atomic mass is 9.92. The smallest absolute Gasteiger partial charge is 0.265 e. The zero-order chi connectivity index (χ0) is 18.8.